The first kappa shape index (κ1) is 21.3. The van der Waals surface area contributed by atoms with Crippen molar-refractivity contribution in [1.29, 1.82) is 0 Å². The van der Waals surface area contributed by atoms with Crippen LogP contribution >= 0.6 is 0 Å². The Kier molecular flexibility index (Phi) is 6.72. The van der Waals surface area contributed by atoms with Gasteiger partial charge >= 0.3 is 0 Å². The summed E-state index contributed by atoms with van der Waals surface area (Å²) in [7, 11) is 0. The summed E-state index contributed by atoms with van der Waals surface area (Å²) < 4.78 is 0. The summed E-state index contributed by atoms with van der Waals surface area (Å²) in [6, 6.07) is 8.61. The Labute approximate surface area is 181 Å². The van der Waals surface area contributed by atoms with Gasteiger partial charge < -0.3 is 4.98 Å². The highest BCUT2D eigenvalue weighted by molar-refractivity contribution is 5.71. The monoisotopic (exact) mass is 407 g/mol. The third-order valence-electron chi connectivity index (χ3n) is 7.14. The molecule has 0 atom stereocenters. The molecule has 0 unspecified atom stereocenters. The average Bonchev–Trinajstić information content (AvgIpc) is 2.76. The minimum Gasteiger partial charge on any atom is -0.309 e. The van der Waals surface area contributed by atoms with Crippen LogP contribution in [0.5, 0.6) is 0 Å². The van der Waals surface area contributed by atoms with Crippen molar-refractivity contribution >= 4 is 0 Å². The van der Waals surface area contributed by atoms with Gasteiger partial charge in [0.2, 0.25) is 0 Å². The second-order valence-electron chi connectivity index (χ2n) is 9.39. The van der Waals surface area contributed by atoms with E-state index in [2.05, 4.69) is 48.0 Å². The van der Waals surface area contributed by atoms with E-state index in [0.29, 0.717) is 0 Å². The lowest BCUT2D eigenvalue weighted by atomic mass is 9.62. The van der Waals surface area contributed by atoms with E-state index in [9.17, 15) is 4.79 Å². The van der Waals surface area contributed by atoms with Gasteiger partial charge in [0.15, 0.2) is 0 Å². The van der Waals surface area contributed by atoms with Crippen LogP contribution in [0.3, 0.4) is 0 Å². The Balaban J connectivity index is 1.73. The van der Waals surface area contributed by atoms with Crippen LogP contribution in [0.1, 0.15) is 88.6 Å². The maximum atomic E-state index is 13.5. The molecule has 1 spiro atoms. The molecule has 0 radical (unpaired) electrons. The normalized spacial score (nSPS) is 17.2. The van der Waals surface area contributed by atoms with Gasteiger partial charge in [-0.2, -0.15) is 0 Å². The maximum absolute atomic E-state index is 13.5. The largest absolute Gasteiger partial charge is 0.309 e. The zero-order valence-corrected chi connectivity index (χ0v) is 18.8. The van der Waals surface area contributed by atoms with Gasteiger partial charge in [-0.15, -0.1) is 0 Å². The summed E-state index contributed by atoms with van der Waals surface area (Å²) in [4.78, 5) is 24.3. The first-order valence-electron chi connectivity index (χ1n) is 12.1. The predicted octanol–water partition coefficient (Wildman–Crippen LogP) is 5.60. The van der Waals surface area contributed by atoms with E-state index in [1.54, 1.807) is 0 Å². The number of rotatable bonds is 8. The molecule has 162 valence electrons. The zero-order valence-electron chi connectivity index (χ0n) is 18.8. The van der Waals surface area contributed by atoms with Crippen molar-refractivity contribution < 1.29 is 0 Å². The van der Waals surface area contributed by atoms with Gasteiger partial charge in [0.1, 0.15) is 5.82 Å². The van der Waals surface area contributed by atoms with Crippen LogP contribution in [0.2, 0.25) is 0 Å². The quantitative estimate of drug-likeness (QED) is 0.620. The lowest BCUT2D eigenvalue weighted by Crippen LogP contribution is -2.41. The third-order valence-corrected chi connectivity index (χ3v) is 7.14. The number of fused-ring (bicyclic) bond motifs is 4. The van der Waals surface area contributed by atoms with Crippen molar-refractivity contribution in [3.8, 4) is 11.3 Å². The van der Waals surface area contributed by atoms with Crippen molar-refractivity contribution in [2.75, 3.05) is 13.1 Å². The van der Waals surface area contributed by atoms with Crippen LogP contribution < -0.4 is 5.56 Å². The topological polar surface area (TPSA) is 49.0 Å². The van der Waals surface area contributed by atoms with Crippen molar-refractivity contribution in [2.45, 2.75) is 90.0 Å². The van der Waals surface area contributed by atoms with E-state index < -0.39 is 0 Å². The molecule has 2 aliphatic carbocycles. The maximum Gasteiger partial charge on any atom is 0.255 e. The number of nitrogens with one attached hydrogen (secondary N) is 1. The molecule has 2 aromatic rings. The number of hydrogen-bond donors (Lipinski definition) is 1. The molecule has 2 aliphatic rings. The molecule has 1 saturated carbocycles. The summed E-state index contributed by atoms with van der Waals surface area (Å²) in [5.74, 6) is 0.827. The summed E-state index contributed by atoms with van der Waals surface area (Å²) in [5.41, 5.74) is 4.55. The van der Waals surface area contributed by atoms with Gasteiger partial charge in [0.25, 0.3) is 5.56 Å². The molecule has 1 aromatic heterocycles. The smallest absolute Gasteiger partial charge is 0.255 e. The Morgan fingerprint density at radius 3 is 2.43 bits per heavy atom. The van der Waals surface area contributed by atoms with Crippen molar-refractivity contribution in [1.82, 2.24) is 14.9 Å². The number of unbranched alkanes of at least 4 members (excludes halogenated alkanes) is 2. The van der Waals surface area contributed by atoms with Crippen LogP contribution in [0.15, 0.2) is 29.1 Å². The molecule has 1 aromatic carbocycles. The average molecular weight is 408 g/mol. The van der Waals surface area contributed by atoms with E-state index >= 15 is 0 Å². The standard InChI is InChI=1S/C26H37N3O/c1-3-5-16-29(17-6-4-2)19-22-27-24-21-13-9-8-12-20(21)18-26(14-10-7-11-15-26)23(24)25(30)28-22/h8-9,12-13H,3-7,10-11,14-19H2,1-2H3,(H,27,28,30). The highest BCUT2D eigenvalue weighted by atomic mass is 16.1. The molecule has 4 nitrogen and oxygen atoms in total. The minimum atomic E-state index is -0.0227. The predicted molar refractivity (Wildman–Crippen MR) is 124 cm³/mol. The number of aromatic amines is 1. The number of H-pyrrole nitrogens is 1. The van der Waals surface area contributed by atoms with Gasteiger partial charge in [0.05, 0.1) is 17.8 Å². The van der Waals surface area contributed by atoms with E-state index in [0.717, 1.165) is 56.0 Å². The summed E-state index contributed by atoms with van der Waals surface area (Å²) in [5, 5.41) is 0. The third kappa shape index (κ3) is 4.25. The first-order chi connectivity index (χ1) is 14.7. The molecule has 0 aliphatic heterocycles. The molecule has 0 bridgehead atoms. The van der Waals surface area contributed by atoms with Crippen molar-refractivity contribution in [3.63, 3.8) is 0 Å². The molecule has 4 heteroatoms. The van der Waals surface area contributed by atoms with Gasteiger partial charge in [-0.05, 0) is 50.8 Å². The van der Waals surface area contributed by atoms with Gasteiger partial charge in [-0.1, -0.05) is 70.2 Å². The Hall–Kier alpha value is -1.94. The van der Waals surface area contributed by atoms with Gasteiger partial charge in [-0.3, -0.25) is 9.69 Å². The molecule has 0 amide bonds. The molecule has 30 heavy (non-hydrogen) atoms. The highest BCUT2D eigenvalue weighted by Gasteiger charge is 2.42. The second kappa shape index (κ2) is 9.47. The van der Waals surface area contributed by atoms with E-state index in [1.807, 2.05) is 0 Å². The van der Waals surface area contributed by atoms with Crippen LogP contribution in [0.4, 0.5) is 0 Å². The van der Waals surface area contributed by atoms with Crippen LogP contribution in [-0.2, 0) is 18.4 Å². The Bertz CT molecular complexity index is 903. The minimum absolute atomic E-state index is 0.0227. The SMILES string of the molecule is CCCCN(CCCC)Cc1nc2c(c(=O)[nH]1)C1(CCCCC1)Cc1ccccc1-2. The summed E-state index contributed by atoms with van der Waals surface area (Å²) >= 11 is 0. The van der Waals surface area contributed by atoms with E-state index in [1.165, 1.54) is 56.1 Å². The number of nitrogens with zero attached hydrogens (tertiary/aromatic N) is 2. The van der Waals surface area contributed by atoms with Crippen LogP contribution in [0, 0.1) is 0 Å². The second-order valence-corrected chi connectivity index (χ2v) is 9.39. The first-order valence-corrected chi connectivity index (χ1v) is 12.1. The van der Waals surface area contributed by atoms with Crippen LogP contribution in [0.25, 0.3) is 11.3 Å². The Morgan fingerprint density at radius 2 is 1.73 bits per heavy atom. The van der Waals surface area contributed by atoms with Crippen molar-refractivity contribution in [3.05, 3.63) is 51.6 Å². The summed E-state index contributed by atoms with van der Waals surface area (Å²) in [6.07, 6.45) is 11.7. The highest BCUT2D eigenvalue weighted by Crippen LogP contribution is 2.48. The van der Waals surface area contributed by atoms with E-state index in [-0.39, 0.29) is 11.0 Å². The molecule has 4 rings (SSSR count). The fraction of sp³-hybridized carbons (Fsp3) is 0.615. The van der Waals surface area contributed by atoms with E-state index in [4.69, 9.17) is 4.98 Å². The lowest BCUT2D eigenvalue weighted by Gasteiger charge is -2.41. The molecular formula is C26H37N3O. The molecule has 1 heterocycles. The summed E-state index contributed by atoms with van der Waals surface area (Å²) in [6.45, 7) is 7.34. The van der Waals surface area contributed by atoms with Crippen LogP contribution in [-0.4, -0.2) is 28.0 Å². The lowest BCUT2D eigenvalue weighted by molar-refractivity contribution is 0.249. The molecule has 0 saturated heterocycles. The zero-order chi connectivity index (χ0) is 21.0. The molecule has 1 fully saturated rings. The Morgan fingerprint density at radius 1 is 1.03 bits per heavy atom. The number of benzene rings is 1. The van der Waals surface area contributed by atoms with Crippen molar-refractivity contribution in [2.24, 2.45) is 0 Å². The number of aromatic nitrogens is 2. The number of hydrogen-bond acceptors (Lipinski definition) is 3. The molecular weight excluding hydrogens is 370 g/mol. The van der Waals surface area contributed by atoms with Gasteiger partial charge in [-0.25, -0.2) is 4.98 Å². The van der Waals surface area contributed by atoms with Gasteiger partial charge in [0, 0.05) is 11.0 Å². The fourth-order valence-corrected chi connectivity index (χ4v) is 5.54. The molecule has 1 N–H and O–H groups in total. The fourth-order valence-electron chi connectivity index (χ4n) is 5.54.